The summed E-state index contributed by atoms with van der Waals surface area (Å²) in [5, 5.41) is 0.701. The third-order valence-electron chi connectivity index (χ3n) is 1.79. The van der Waals surface area contributed by atoms with Crippen LogP contribution in [0.4, 0.5) is 23.7 Å². The van der Waals surface area contributed by atoms with Crippen LogP contribution in [0.3, 0.4) is 0 Å². The number of rotatable bonds is 2. The van der Waals surface area contributed by atoms with Crippen LogP contribution >= 0.6 is 11.6 Å². The van der Waals surface area contributed by atoms with Crippen LogP contribution in [0.5, 0.6) is 0 Å². The molecule has 1 aromatic heterocycles. The summed E-state index contributed by atoms with van der Waals surface area (Å²) in [5.41, 5.74) is -2.63. The number of carbonyl (C=O) groups excluding carboxylic acids is 2. The molecule has 0 spiro atoms. The fourth-order valence-corrected chi connectivity index (χ4v) is 1.15. The van der Waals surface area contributed by atoms with Crippen LogP contribution in [-0.2, 0) is 10.9 Å². The SMILES string of the molecule is COC(=O)Nc1ccc(C(=O)Cl)nc1C(F)(F)F. The maximum atomic E-state index is 12.6. The summed E-state index contributed by atoms with van der Waals surface area (Å²) in [7, 11) is 0.993. The number of aromatic nitrogens is 1. The molecule has 0 aliphatic heterocycles. The molecule has 18 heavy (non-hydrogen) atoms. The van der Waals surface area contributed by atoms with Gasteiger partial charge in [0, 0.05) is 0 Å². The number of ether oxygens (including phenoxy) is 1. The summed E-state index contributed by atoms with van der Waals surface area (Å²) in [6.45, 7) is 0. The molecule has 0 saturated carbocycles. The molecule has 0 saturated heterocycles. The van der Waals surface area contributed by atoms with E-state index in [0.717, 1.165) is 19.2 Å². The van der Waals surface area contributed by atoms with Crippen molar-refractivity contribution in [3.63, 3.8) is 0 Å². The van der Waals surface area contributed by atoms with E-state index in [9.17, 15) is 22.8 Å². The lowest BCUT2D eigenvalue weighted by Crippen LogP contribution is -2.18. The zero-order chi connectivity index (χ0) is 13.9. The number of methoxy groups -OCH3 is 1. The fraction of sp³-hybridized carbons (Fsp3) is 0.222. The first-order valence-corrected chi connectivity index (χ1v) is 4.76. The van der Waals surface area contributed by atoms with Crippen LogP contribution < -0.4 is 5.32 Å². The number of carbonyl (C=O) groups is 2. The fourth-order valence-electron chi connectivity index (χ4n) is 1.05. The van der Waals surface area contributed by atoms with Gasteiger partial charge in [-0.1, -0.05) is 0 Å². The van der Waals surface area contributed by atoms with Crippen molar-refractivity contribution in [2.75, 3.05) is 12.4 Å². The first-order chi connectivity index (χ1) is 8.25. The molecule has 5 nitrogen and oxygen atoms in total. The van der Waals surface area contributed by atoms with Gasteiger partial charge < -0.3 is 4.74 Å². The smallest absolute Gasteiger partial charge is 0.435 e. The predicted octanol–water partition coefficient (Wildman–Crippen LogP) is 2.66. The van der Waals surface area contributed by atoms with Crippen molar-refractivity contribution in [1.29, 1.82) is 0 Å². The number of pyridine rings is 1. The number of halogens is 4. The average Bonchev–Trinajstić information content (AvgIpc) is 2.27. The number of anilines is 1. The van der Waals surface area contributed by atoms with E-state index < -0.39 is 34.6 Å². The number of nitrogens with zero attached hydrogens (tertiary/aromatic N) is 1. The Hall–Kier alpha value is -1.83. The summed E-state index contributed by atoms with van der Waals surface area (Å²) in [6.07, 6.45) is -5.94. The number of hydrogen-bond acceptors (Lipinski definition) is 4. The van der Waals surface area contributed by atoms with Gasteiger partial charge >= 0.3 is 12.3 Å². The van der Waals surface area contributed by atoms with E-state index in [1.54, 1.807) is 0 Å². The summed E-state index contributed by atoms with van der Waals surface area (Å²) in [6, 6.07) is 1.82. The topological polar surface area (TPSA) is 68.3 Å². The van der Waals surface area contributed by atoms with Crippen LogP contribution in [-0.4, -0.2) is 23.4 Å². The molecule has 0 aliphatic carbocycles. The van der Waals surface area contributed by atoms with E-state index in [0.29, 0.717) is 0 Å². The van der Waals surface area contributed by atoms with Gasteiger partial charge in [-0.2, -0.15) is 13.2 Å². The highest BCUT2D eigenvalue weighted by molar-refractivity contribution is 6.67. The Morgan fingerprint density at radius 1 is 1.39 bits per heavy atom. The third-order valence-corrected chi connectivity index (χ3v) is 1.98. The van der Waals surface area contributed by atoms with Crippen molar-refractivity contribution in [2.24, 2.45) is 0 Å². The number of amides is 1. The Labute approximate surface area is 104 Å². The van der Waals surface area contributed by atoms with Gasteiger partial charge in [-0.3, -0.25) is 10.1 Å². The van der Waals surface area contributed by atoms with Crippen molar-refractivity contribution in [1.82, 2.24) is 4.98 Å². The van der Waals surface area contributed by atoms with Gasteiger partial charge in [0.05, 0.1) is 12.8 Å². The van der Waals surface area contributed by atoms with E-state index >= 15 is 0 Å². The summed E-state index contributed by atoms with van der Waals surface area (Å²) in [4.78, 5) is 24.6. The number of hydrogen-bond donors (Lipinski definition) is 1. The molecule has 0 fully saturated rings. The second kappa shape index (κ2) is 5.21. The standard InChI is InChI=1S/C9H6ClF3N2O3/c1-18-8(17)15-4-2-3-5(7(10)16)14-6(4)9(11,12)13/h2-3H,1H3,(H,15,17). The summed E-state index contributed by atoms with van der Waals surface area (Å²) in [5.74, 6) is 0. The minimum Gasteiger partial charge on any atom is -0.453 e. The first kappa shape index (κ1) is 14.2. The van der Waals surface area contributed by atoms with Crippen molar-refractivity contribution in [3.8, 4) is 0 Å². The molecule has 1 heterocycles. The zero-order valence-corrected chi connectivity index (χ0v) is 9.59. The minimum absolute atomic E-state index is 0.570. The highest BCUT2D eigenvalue weighted by Gasteiger charge is 2.36. The quantitative estimate of drug-likeness (QED) is 0.847. The molecule has 0 radical (unpaired) electrons. The van der Waals surface area contributed by atoms with E-state index in [4.69, 9.17) is 11.6 Å². The normalized spacial score (nSPS) is 10.9. The molecule has 1 N–H and O–H groups in total. The molecular formula is C9H6ClF3N2O3. The van der Waals surface area contributed by atoms with Gasteiger partial charge in [0.15, 0.2) is 5.69 Å². The maximum Gasteiger partial charge on any atom is 0.435 e. The van der Waals surface area contributed by atoms with E-state index in [1.807, 2.05) is 5.32 Å². The Bertz CT molecular complexity index is 490. The molecule has 9 heteroatoms. The highest BCUT2D eigenvalue weighted by atomic mass is 35.5. The molecule has 0 bridgehead atoms. The monoisotopic (exact) mass is 282 g/mol. The third kappa shape index (κ3) is 3.33. The first-order valence-electron chi connectivity index (χ1n) is 4.38. The summed E-state index contributed by atoms with van der Waals surface area (Å²) >= 11 is 5.03. The predicted molar refractivity (Wildman–Crippen MR) is 55.5 cm³/mol. The van der Waals surface area contributed by atoms with Gasteiger partial charge in [-0.25, -0.2) is 9.78 Å². The van der Waals surface area contributed by atoms with Crippen LogP contribution in [0.2, 0.25) is 0 Å². The molecule has 1 amide bonds. The molecule has 0 unspecified atom stereocenters. The van der Waals surface area contributed by atoms with Gasteiger partial charge in [-0.05, 0) is 23.7 Å². The lowest BCUT2D eigenvalue weighted by Gasteiger charge is -2.12. The number of alkyl halides is 3. The molecule has 98 valence electrons. The molecule has 1 rings (SSSR count). The molecular weight excluding hydrogens is 277 g/mol. The average molecular weight is 283 g/mol. The Kier molecular flexibility index (Phi) is 4.12. The van der Waals surface area contributed by atoms with Crippen molar-refractivity contribution < 1.29 is 27.5 Å². The Balaban J connectivity index is 3.26. The lowest BCUT2D eigenvalue weighted by atomic mass is 10.2. The van der Waals surface area contributed by atoms with Crippen molar-refractivity contribution >= 4 is 28.6 Å². The van der Waals surface area contributed by atoms with Gasteiger partial charge in [0.2, 0.25) is 0 Å². The second-order valence-corrected chi connectivity index (χ2v) is 3.32. The van der Waals surface area contributed by atoms with Crippen LogP contribution in [0.15, 0.2) is 12.1 Å². The minimum atomic E-state index is -4.85. The van der Waals surface area contributed by atoms with E-state index in [2.05, 4.69) is 9.72 Å². The zero-order valence-electron chi connectivity index (χ0n) is 8.84. The molecule has 0 aromatic carbocycles. The largest absolute Gasteiger partial charge is 0.453 e. The van der Waals surface area contributed by atoms with E-state index in [1.165, 1.54) is 0 Å². The second-order valence-electron chi connectivity index (χ2n) is 2.98. The molecule has 0 atom stereocenters. The Morgan fingerprint density at radius 3 is 2.44 bits per heavy atom. The summed E-state index contributed by atoms with van der Waals surface area (Å²) < 4.78 is 42.1. The Morgan fingerprint density at radius 2 is 2.00 bits per heavy atom. The van der Waals surface area contributed by atoms with Gasteiger partial charge in [0.25, 0.3) is 5.24 Å². The van der Waals surface area contributed by atoms with Crippen LogP contribution in [0.1, 0.15) is 16.2 Å². The van der Waals surface area contributed by atoms with Gasteiger partial charge in [-0.15, -0.1) is 0 Å². The maximum absolute atomic E-state index is 12.6. The van der Waals surface area contributed by atoms with Crippen molar-refractivity contribution in [3.05, 3.63) is 23.5 Å². The van der Waals surface area contributed by atoms with Crippen LogP contribution in [0, 0.1) is 0 Å². The molecule has 0 aliphatic rings. The number of nitrogens with one attached hydrogen (secondary N) is 1. The van der Waals surface area contributed by atoms with Gasteiger partial charge in [0.1, 0.15) is 5.69 Å². The lowest BCUT2D eigenvalue weighted by molar-refractivity contribution is -0.140. The highest BCUT2D eigenvalue weighted by Crippen LogP contribution is 2.33. The van der Waals surface area contributed by atoms with E-state index in [-0.39, 0.29) is 0 Å². The van der Waals surface area contributed by atoms with Crippen molar-refractivity contribution in [2.45, 2.75) is 6.18 Å². The van der Waals surface area contributed by atoms with Crippen LogP contribution in [0.25, 0.3) is 0 Å². The molecule has 1 aromatic rings.